The molecular weight excluding hydrogens is 318 g/mol. The van der Waals surface area contributed by atoms with Crippen LogP contribution in [-0.2, 0) is 0 Å². The first-order valence-electron chi connectivity index (χ1n) is 7.25. The molecule has 3 heterocycles. The molecule has 0 aromatic carbocycles. The van der Waals surface area contributed by atoms with Crippen LogP contribution in [0.4, 0.5) is 11.4 Å². The fraction of sp³-hybridized carbons (Fsp3) is 0.125. The highest BCUT2D eigenvalue weighted by Crippen LogP contribution is 2.28. The number of nitrogens with one attached hydrogen (secondary N) is 1. The van der Waals surface area contributed by atoms with Gasteiger partial charge in [-0.3, -0.25) is 4.57 Å². The number of rotatable bonds is 4. The van der Waals surface area contributed by atoms with Crippen molar-refractivity contribution in [1.82, 2.24) is 14.5 Å². The minimum atomic E-state index is -0.472. The molecule has 0 aliphatic carbocycles. The van der Waals surface area contributed by atoms with Gasteiger partial charge in [0, 0.05) is 40.6 Å². The molecule has 0 aliphatic heterocycles. The van der Waals surface area contributed by atoms with Crippen molar-refractivity contribution in [3.8, 4) is 18.0 Å². The third kappa shape index (κ3) is 3.04. The minimum absolute atomic E-state index is 0.296. The van der Waals surface area contributed by atoms with Gasteiger partial charge in [-0.1, -0.05) is 5.11 Å². The van der Waals surface area contributed by atoms with Gasteiger partial charge in [-0.05, 0) is 24.6 Å². The maximum atomic E-state index is 8.99. The summed E-state index contributed by atoms with van der Waals surface area (Å²) in [5.74, 6) is 0.539. The van der Waals surface area contributed by atoms with Gasteiger partial charge < -0.3 is 5.32 Å². The first kappa shape index (κ1) is 15.8. The zero-order valence-electron chi connectivity index (χ0n) is 13.1. The van der Waals surface area contributed by atoms with Crippen LogP contribution in [0.1, 0.15) is 12.5 Å². The number of nitrogens with zero attached hydrogens (tertiary/aromatic N) is 8. The van der Waals surface area contributed by atoms with E-state index in [4.69, 9.17) is 16.1 Å². The molecule has 25 heavy (non-hydrogen) atoms. The van der Waals surface area contributed by atoms with Crippen LogP contribution < -0.4 is 5.32 Å². The Morgan fingerprint density at radius 3 is 2.88 bits per heavy atom. The second-order valence-electron chi connectivity index (χ2n) is 5.18. The molecule has 0 saturated carbocycles. The minimum Gasteiger partial charge on any atom is -0.370 e. The summed E-state index contributed by atoms with van der Waals surface area (Å²) in [4.78, 5) is 11.4. The molecule has 9 heteroatoms. The number of hydrogen-bond donors (Lipinski definition) is 1. The molecule has 1 atom stereocenters. The normalized spacial score (nSPS) is 11.2. The molecule has 0 spiro atoms. The Labute approximate surface area is 142 Å². The predicted molar refractivity (Wildman–Crippen MR) is 91.1 cm³/mol. The summed E-state index contributed by atoms with van der Waals surface area (Å²) in [5, 5.41) is 25.3. The van der Waals surface area contributed by atoms with Crippen molar-refractivity contribution in [1.29, 1.82) is 10.5 Å². The average molecular weight is 329 g/mol. The molecule has 0 radical (unpaired) electrons. The SMILES string of the molecule is C[C@H](C#N)Nc1cc(-n2ccc3cc(C#N)cnc32)ncc1N=[N+]=[N-]. The summed E-state index contributed by atoms with van der Waals surface area (Å²) in [6, 6.07) is 8.89. The maximum absolute atomic E-state index is 8.99. The lowest BCUT2D eigenvalue weighted by Crippen LogP contribution is -2.12. The Hall–Kier alpha value is -4.07. The van der Waals surface area contributed by atoms with Crippen LogP contribution in [-0.4, -0.2) is 20.6 Å². The van der Waals surface area contributed by atoms with Gasteiger partial charge >= 0.3 is 0 Å². The summed E-state index contributed by atoms with van der Waals surface area (Å²) in [6.07, 6.45) is 4.70. The van der Waals surface area contributed by atoms with E-state index in [9.17, 15) is 0 Å². The third-order valence-electron chi connectivity index (χ3n) is 3.49. The van der Waals surface area contributed by atoms with Crippen molar-refractivity contribution < 1.29 is 0 Å². The van der Waals surface area contributed by atoms with E-state index in [1.807, 2.05) is 6.07 Å². The van der Waals surface area contributed by atoms with Gasteiger partial charge in [-0.25, -0.2) is 9.97 Å². The van der Waals surface area contributed by atoms with Crippen LogP contribution in [0.5, 0.6) is 0 Å². The van der Waals surface area contributed by atoms with E-state index in [1.54, 1.807) is 29.8 Å². The van der Waals surface area contributed by atoms with Crippen molar-refractivity contribution in [2.24, 2.45) is 5.11 Å². The van der Waals surface area contributed by atoms with Crippen LogP contribution in [0.25, 0.3) is 27.3 Å². The number of hydrogen-bond acceptors (Lipinski definition) is 6. The van der Waals surface area contributed by atoms with E-state index < -0.39 is 6.04 Å². The molecule has 0 aliphatic rings. The largest absolute Gasteiger partial charge is 0.370 e. The zero-order chi connectivity index (χ0) is 17.8. The van der Waals surface area contributed by atoms with Crippen LogP contribution in [0.15, 0.2) is 41.9 Å². The second-order valence-corrected chi connectivity index (χ2v) is 5.18. The highest BCUT2D eigenvalue weighted by molar-refractivity contribution is 5.79. The summed E-state index contributed by atoms with van der Waals surface area (Å²) < 4.78 is 1.75. The van der Waals surface area contributed by atoms with Gasteiger partial charge in [0.1, 0.15) is 23.6 Å². The molecule has 0 saturated heterocycles. The lowest BCUT2D eigenvalue weighted by molar-refractivity contribution is 0.990. The molecule has 9 nitrogen and oxygen atoms in total. The molecule has 3 aromatic rings. The number of fused-ring (bicyclic) bond motifs is 1. The number of aromatic nitrogens is 3. The Bertz CT molecular complexity index is 1080. The van der Waals surface area contributed by atoms with Crippen LogP contribution in [0, 0.1) is 22.7 Å². The first-order chi connectivity index (χ1) is 12.2. The monoisotopic (exact) mass is 329 g/mol. The lowest BCUT2D eigenvalue weighted by Gasteiger charge is -2.12. The number of pyridine rings is 2. The summed E-state index contributed by atoms with van der Waals surface area (Å²) in [7, 11) is 0. The molecule has 120 valence electrons. The quantitative estimate of drug-likeness (QED) is 0.443. The number of anilines is 1. The highest BCUT2D eigenvalue weighted by atomic mass is 15.2. The van der Waals surface area contributed by atoms with Gasteiger partial charge in [0.05, 0.1) is 17.3 Å². The van der Waals surface area contributed by atoms with Gasteiger partial charge in [-0.15, -0.1) is 0 Å². The molecule has 0 fully saturated rings. The molecule has 0 bridgehead atoms. The smallest absolute Gasteiger partial charge is 0.145 e. The maximum Gasteiger partial charge on any atom is 0.145 e. The Morgan fingerprint density at radius 1 is 1.32 bits per heavy atom. The van der Waals surface area contributed by atoms with Gasteiger partial charge in [-0.2, -0.15) is 10.5 Å². The lowest BCUT2D eigenvalue weighted by atomic mass is 10.2. The van der Waals surface area contributed by atoms with Gasteiger partial charge in [0.15, 0.2) is 0 Å². The first-order valence-corrected chi connectivity index (χ1v) is 7.25. The van der Waals surface area contributed by atoms with Crippen molar-refractivity contribution in [3.63, 3.8) is 0 Å². The predicted octanol–water partition coefficient (Wildman–Crippen LogP) is 3.56. The van der Waals surface area contributed by atoms with E-state index in [-0.39, 0.29) is 0 Å². The summed E-state index contributed by atoms with van der Waals surface area (Å²) in [6.45, 7) is 1.69. The van der Waals surface area contributed by atoms with E-state index in [0.29, 0.717) is 28.4 Å². The average Bonchev–Trinajstić information content (AvgIpc) is 3.06. The number of nitriles is 2. The van der Waals surface area contributed by atoms with Crippen LogP contribution >= 0.6 is 0 Å². The highest BCUT2D eigenvalue weighted by Gasteiger charge is 2.11. The topological polar surface area (TPSA) is 139 Å². The molecule has 1 N–H and O–H groups in total. The Morgan fingerprint density at radius 2 is 2.16 bits per heavy atom. The number of azide groups is 1. The summed E-state index contributed by atoms with van der Waals surface area (Å²) >= 11 is 0. The van der Waals surface area contributed by atoms with Gasteiger partial charge in [0.2, 0.25) is 0 Å². The Kier molecular flexibility index (Phi) is 4.17. The van der Waals surface area contributed by atoms with Crippen molar-refractivity contribution in [3.05, 3.63) is 52.8 Å². The standard InChI is InChI=1S/C16H11N9/c1-10(6-17)22-13-5-15(20-9-14(13)23-24-19)25-3-2-12-4-11(7-18)8-21-16(12)25/h2-5,8-10H,1H3,(H,20,22)/t10-/m1/s1. The molecule has 3 aromatic heterocycles. The molecule has 3 rings (SSSR count). The van der Waals surface area contributed by atoms with Crippen molar-refractivity contribution >= 4 is 22.4 Å². The second kappa shape index (κ2) is 6.59. The van der Waals surface area contributed by atoms with Crippen molar-refractivity contribution in [2.45, 2.75) is 13.0 Å². The molecule has 0 unspecified atom stereocenters. The van der Waals surface area contributed by atoms with Crippen molar-refractivity contribution in [2.75, 3.05) is 5.32 Å². The van der Waals surface area contributed by atoms with E-state index in [2.05, 4.69) is 37.4 Å². The van der Waals surface area contributed by atoms with E-state index in [1.165, 1.54) is 12.4 Å². The van der Waals surface area contributed by atoms with E-state index in [0.717, 1.165) is 5.39 Å². The van der Waals surface area contributed by atoms with E-state index >= 15 is 0 Å². The summed E-state index contributed by atoms with van der Waals surface area (Å²) in [5.41, 5.74) is 10.6. The fourth-order valence-corrected chi connectivity index (χ4v) is 2.35. The van der Waals surface area contributed by atoms with Crippen LogP contribution in [0.3, 0.4) is 0 Å². The fourth-order valence-electron chi connectivity index (χ4n) is 2.35. The third-order valence-corrected chi connectivity index (χ3v) is 3.49. The van der Waals surface area contributed by atoms with Gasteiger partial charge in [0.25, 0.3) is 0 Å². The Balaban J connectivity index is 2.12. The van der Waals surface area contributed by atoms with Crippen LogP contribution in [0.2, 0.25) is 0 Å². The molecule has 0 amide bonds. The zero-order valence-corrected chi connectivity index (χ0v) is 13.1. The molecular formula is C16H11N9.